The molecular weight excluding hydrogens is 266 g/mol. The van der Waals surface area contributed by atoms with Gasteiger partial charge in [-0.15, -0.1) is 0 Å². The fourth-order valence-electron chi connectivity index (χ4n) is 1.72. The van der Waals surface area contributed by atoms with Crippen LogP contribution in [-0.4, -0.2) is 27.4 Å². The number of hydrogen-bond acceptors (Lipinski definition) is 3. The molecule has 1 aromatic heterocycles. The van der Waals surface area contributed by atoms with Gasteiger partial charge in [0.1, 0.15) is 6.54 Å². The summed E-state index contributed by atoms with van der Waals surface area (Å²) in [6.07, 6.45) is 3.87. The Kier molecular flexibility index (Phi) is 5.56. The van der Waals surface area contributed by atoms with Gasteiger partial charge in [-0.1, -0.05) is 24.0 Å². The molecule has 108 valence electrons. The van der Waals surface area contributed by atoms with Crippen molar-refractivity contribution in [1.29, 1.82) is 0 Å². The summed E-state index contributed by atoms with van der Waals surface area (Å²) >= 11 is 0. The molecule has 0 spiro atoms. The van der Waals surface area contributed by atoms with E-state index in [0.717, 1.165) is 11.1 Å². The van der Waals surface area contributed by atoms with Crippen molar-refractivity contribution in [3.63, 3.8) is 0 Å². The number of benzene rings is 1. The molecule has 0 saturated heterocycles. The number of carbonyl (C=O) groups is 1. The van der Waals surface area contributed by atoms with E-state index in [1.54, 1.807) is 23.1 Å². The SMILES string of the molecule is O=C(Cn1cccn1)NCc1ccc(C#CCCO)cc1. The number of nitrogens with zero attached hydrogens (tertiary/aromatic N) is 2. The molecule has 2 N–H and O–H groups in total. The molecule has 21 heavy (non-hydrogen) atoms. The maximum absolute atomic E-state index is 11.7. The van der Waals surface area contributed by atoms with E-state index in [0.29, 0.717) is 13.0 Å². The molecule has 0 saturated carbocycles. The van der Waals surface area contributed by atoms with Crippen molar-refractivity contribution in [2.75, 3.05) is 6.61 Å². The van der Waals surface area contributed by atoms with Gasteiger partial charge in [-0.05, 0) is 23.8 Å². The lowest BCUT2D eigenvalue weighted by Crippen LogP contribution is -2.27. The Hall–Kier alpha value is -2.58. The summed E-state index contributed by atoms with van der Waals surface area (Å²) in [5.74, 6) is 5.75. The molecule has 5 heteroatoms. The van der Waals surface area contributed by atoms with Gasteiger partial charge in [0.15, 0.2) is 0 Å². The van der Waals surface area contributed by atoms with Gasteiger partial charge in [0.05, 0.1) is 6.61 Å². The number of rotatable bonds is 5. The third kappa shape index (κ3) is 5.13. The van der Waals surface area contributed by atoms with Crippen molar-refractivity contribution in [3.8, 4) is 11.8 Å². The normalized spacial score (nSPS) is 9.76. The van der Waals surface area contributed by atoms with Crippen LogP contribution in [0.2, 0.25) is 0 Å². The Morgan fingerprint density at radius 3 is 2.81 bits per heavy atom. The number of aromatic nitrogens is 2. The average molecular weight is 283 g/mol. The van der Waals surface area contributed by atoms with Crippen LogP contribution in [0.3, 0.4) is 0 Å². The van der Waals surface area contributed by atoms with E-state index < -0.39 is 0 Å². The zero-order valence-corrected chi connectivity index (χ0v) is 11.6. The summed E-state index contributed by atoms with van der Waals surface area (Å²) in [6.45, 7) is 0.773. The largest absolute Gasteiger partial charge is 0.395 e. The molecule has 0 aliphatic heterocycles. The first kappa shape index (κ1) is 14.8. The van der Waals surface area contributed by atoms with Crippen molar-refractivity contribution >= 4 is 5.91 Å². The highest BCUT2D eigenvalue weighted by atomic mass is 16.2. The third-order valence-corrected chi connectivity index (χ3v) is 2.78. The number of aliphatic hydroxyl groups excluding tert-OH is 1. The van der Waals surface area contributed by atoms with Crippen molar-refractivity contribution in [3.05, 3.63) is 53.9 Å². The van der Waals surface area contributed by atoms with Gasteiger partial charge >= 0.3 is 0 Å². The van der Waals surface area contributed by atoms with Crippen LogP contribution in [0.25, 0.3) is 0 Å². The molecule has 0 unspecified atom stereocenters. The minimum atomic E-state index is -0.0782. The van der Waals surface area contributed by atoms with Gasteiger partial charge in [-0.3, -0.25) is 9.48 Å². The minimum absolute atomic E-state index is 0.0768. The lowest BCUT2D eigenvalue weighted by atomic mass is 10.1. The van der Waals surface area contributed by atoms with Crippen molar-refractivity contribution in [2.45, 2.75) is 19.5 Å². The molecule has 5 nitrogen and oxygen atoms in total. The lowest BCUT2D eigenvalue weighted by molar-refractivity contribution is -0.122. The van der Waals surface area contributed by atoms with E-state index in [1.807, 2.05) is 24.3 Å². The topological polar surface area (TPSA) is 67.2 Å². The van der Waals surface area contributed by atoms with E-state index in [9.17, 15) is 4.79 Å². The molecule has 2 aromatic rings. The number of hydrogen-bond donors (Lipinski definition) is 2. The Labute approximate surface area is 123 Å². The van der Waals surface area contributed by atoms with Crippen LogP contribution in [-0.2, 0) is 17.9 Å². The molecule has 0 fully saturated rings. The predicted octanol–water partition coefficient (Wildman–Crippen LogP) is 0.933. The lowest BCUT2D eigenvalue weighted by Gasteiger charge is -2.05. The first-order chi connectivity index (χ1) is 10.3. The van der Waals surface area contributed by atoms with E-state index >= 15 is 0 Å². The van der Waals surface area contributed by atoms with E-state index in [-0.39, 0.29) is 19.1 Å². The number of aliphatic hydroxyl groups is 1. The minimum Gasteiger partial charge on any atom is -0.395 e. The Morgan fingerprint density at radius 1 is 1.33 bits per heavy atom. The first-order valence-corrected chi connectivity index (χ1v) is 6.71. The van der Waals surface area contributed by atoms with Crippen LogP contribution in [0.5, 0.6) is 0 Å². The summed E-state index contributed by atoms with van der Waals surface area (Å²) in [5.41, 5.74) is 1.91. The maximum Gasteiger partial charge on any atom is 0.241 e. The molecule has 0 atom stereocenters. The Bertz CT molecular complexity index is 622. The Balaban J connectivity index is 1.81. The number of carbonyl (C=O) groups excluding carboxylic acids is 1. The average Bonchev–Trinajstić information content (AvgIpc) is 2.99. The molecule has 0 radical (unpaired) electrons. The van der Waals surface area contributed by atoms with Gasteiger partial charge in [0, 0.05) is 30.9 Å². The highest BCUT2D eigenvalue weighted by Gasteiger charge is 2.02. The molecule has 0 aliphatic carbocycles. The summed E-state index contributed by atoms with van der Waals surface area (Å²) in [7, 11) is 0. The van der Waals surface area contributed by atoms with Gasteiger partial charge < -0.3 is 10.4 Å². The van der Waals surface area contributed by atoms with Crippen LogP contribution in [0.4, 0.5) is 0 Å². The fourth-order valence-corrected chi connectivity index (χ4v) is 1.72. The fraction of sp³-hybridized carbons (Fsp3) is 0.250. The number of amides is 1. The van der Waals surface area contributed by atoms with Crippen molar-refractivity contribution in [2.24, 2.45) is 0 Å². The summed E-state index contributed by atoms with van der Waals surface area (Å²) in [6, 6.07) is 9.44. The van der Waals surface area contributed by atoms with Crippen LogP contribution in [0, 0.1) is 11.8 Å². The van der Waals surface area contributed by atoms with Crippen LogP contribution in [0.15, 0.2) is 42.7 Å². The zero-order chi connectivity index (χ0) is 14.9. The van der Waals surface area contributed by atoms with Gasteiger partial charge in [0.2, 0.25) is 5.91 Å². The molecule has 1 heterocycles. The molecule has 1 aromatic carbocycles. The van der Waals surface area contributed by atoms with Gasteiger partial charge in [-0.2, -0.15) is 5.10 Å². The van der Waals surface area contributed by atoms with E-state index in [4.69, 9.17) is 5.11 Å². The van der Waals surface area contributed by atoms with E-state index in [1.165, 1.54) is 0 Å². The second-order valence-electron chi connectivity index (χ2n) is 4.45. The quantitative estimate of drug-likeness (QED) is 0.802. The zero-order valence-electron chi connectivity index (χ0n) is 11.6. The highest BCUT2D eigenvalue weighted by molar-refractivity contribution is 5.75. The van der Waals surface area contributed by atoms with E-state index in [2.05, 4.69) is 22.3 Å². The van der Waals surface area contributed by atoms with Crippen LogP contribution >= 0.6 is 0 Å². The van der Waals surface area contributed by atoms with Gasteiger partial charge in [0.25, 0.3) is 0 Å². The second kappa shape index (κ2) is 7.88. The molecule has 0 aliphatic rings. The molecular formula is C16H17N3O2. The monoisotopic (exact) mass is 283 g/mol. The maximum atomic E-state index is 11.7. The van der Waals surface area contributed by atoms with Gasteiger partial charge in [-0.25, -0.2) is 0 Å². The van der Waals surface area contributed by atoms with Crippen molar-refractivity contribution < 1.29 is 9.90 Å². The first-order valence-electron chi connectivity index (χ1n) is 6.71. The summed E-state index contributed by atoms with van der Waals surface area (Å²) in [5, 5.41) is 15.5. The van der Waals surface area contributed by atoms with Crippen molar-refractivity contribution in [1.82, 2.24) is 15.1 Å². The summed E-state index contributed by atoms with van der Waals surface area (Å²) < 4.78 is 1.58. The molecule has 0 bridgehead atoms. The smallest absolute Gasteiger partial charge is 0.241 e. The predicted molar refractivity (Wildman–Crippen MR) is 79.1 cm³/mol. The Morgan fingerprint density at radius 2 is 2.14 bits per heavy atom. The van der Waals surface area contributed by atoms with Crippen LogP contribution < -0.4 is 5.32 Å². The molecule has 1 amide bonds. The molecule has 2 rings (SSSR count). The summed E-state index contributed by atoms with van der Waals surface area (Å²) in [4.78, 5) is 11.7. The standard InChI is InChI=1S/C16H17N3O2/c20-11-2-1-4-14-5-7-15(8-6-14)12-17-16(21)13-19-10-3-9-18-19/h3,5-10,20H,2,11-13H2,(H,17,21). The second-order valence-corrected chi connectivity index (χ2v) is 4.45. The highest BCUT2D eigenvalue weighted by Crippen LogP contribution is 2.03. The van der Waals surface area contributed by atoms with Crippen LogP contribution in [0.1, 0.15) is 17.5 Å². The number of nitrogens with one attached hydrogen (secondary N) is 1. The third-order valence-electron chi connectivity index (χ3n) is 2.78.